The van der Waals surface area contributed by atoms with Crippen LogP contribution >= 0.6 is 11.8 Å². The van der Waals surface area contributed by atoms with Gasteiger partial charge in [-0.15, -0.1) is 11.8 Å². The van der Waals surface area contributed by atoms with Crippen LogP contribution in [-0.4, -0.2) is 69.4 Å². The van der Waals surface area contributed by atoms with Crippen LogP contribution in [0.15, 0.2) is 24.5 Å². The Morgan fingerprint density at radius 1 is 1.41 bits per heavy atom. The number of nitrogens with zero attached hydrogens (tertiary/aromatic N) is 2. The van der Waals surface area contributed by atoms with Crippen LogP contribution in [0, 0.1) is 0 Å². The van der Waals surface area contributed by atoms with Gasteiger partial charge in [-0.25, -0.2) is 4.79 Å². The molecule has 2 saturated heterocycles. The first kappa shape index (κ1) is 21.3. The van der Waals surface area contributed by atoms with E-state index in [4.69, 9.17) is 14.6 Å². The highest BCUT2D eigenvalue weighted by atomic mass is 32.2. The number of aromatic nitrogens is 1. The molecule has 1 unspecified atom stereocenters. The Labute approximate surface area is 156 Å². The van der Waals surface area contributed by atoms with Crippen molar-refractivity contribution in [3.8, 4) is 5.75 Å². The number of thioether (sulfide) groups is 1. The summed E-state index contributed by atoms with van der Waals surface area (Å²) >= 11 is 1.87. The summed E-state index contributed by atoms with van der Waals surface area (Å²) in [4.78, 5) is 26.3. The molecule has 2 aliphatic heterocycles. The monoisotopic (exact) mass is 410 g/mol. The summed E-state index contributed by atoms with van der Waals surface area (Å²) in [6.45, 7) is 0.884. The Hall–Kier alpha value is -2.04. The van der Waals surface area contributed by atoms with Crippen LogP contribution in [0.25, 0.3) is 0 Å². The summed E-state index contributed by atoms with van der Waals surface area (Å²) in [5.74, 6) is -1.11. The predicted octanol–water partition coefficient (Wildman–Crippen LogP) is 2.54. The maximum absolute atomic E-state index is 12.2. The molecule has 2 aliphatic rings. The highest BCUT2D eigenvalue weighted by Gasteiger charge is 2.51. The summed E-state index contributed by atoms with van der Waals surface area (Å²) in [6.07, 6.45) is -0.531. The molecule has 0 radical (unpaired) electrons. The normalized spacial score (nSPS) is 20.4. The Morgan fingerprint density at radius 2 is 2.07 bits per heavy atom. The van der Waals surface area contributed by atoms with Crippen molar-refractivity contribution in [2.45, 2.75) is 29.9 Å². The van der Waals surface area contributed by atoms with Crippen LogP contribution in [0.2, 0.25) is 0 Å². The summed E-state index contributed by atoms with van der Waals surface area (Å²) in [5, 5.41) is 7.12. The van der Waals surface area contributed by atoms with E-state index in [1.807, 2.05) is 23.9 Å². The van der Waals surface area contributed by atoms with Gasteiger partial charge in [0.05, 0.1) is 24.0 Å². The maximum atomic E-state index is 12.2. The van der Waals surface area contributed by atoms with Crippen molar-refractivity contribution in [1.29, 1.82) is 0 Å². The van der Waals surface area contributed by atoms with E-state index in [-0.39, 0.29) is 23.2 Å². The van der Waals surface area contributed by atoms with Crippen LogP contribution in [-0.2, 0) is 9.59 Å². The number of alkyl halides is 4. The standard InChI is InChI=1S/C14H17FN2O2S.C2HF3O2/c15-4-3-13(18)17-9-14(10-17)6-12(8-20-14)19-11-2-1-5-16-7-11;3-2(4,5)1(6)7/h1-2,5,7,12H,3-4,6,8-10H2;(H,6,7). The highest BCUT2D eigenvalue weighted by Crippen LogP contribution is 2.46. The molecule has 1 aromatic rings. The number of rotatable bonds is 4. The molecule has 1 N–H and O–H groups in total. The number of ether oxygens (including phenoxy) is 1. The third kappa shape index (κ3) is 5.98. The van der Waals surface area contributed by atoms with Crippen molar-refractivity contribution in [1.82, 2.24) is 9.88 Å². The van der Waals surface area contributed by atoms with E-state index in [2.05, 4.69) is 4.98 Å². The van der Waals surface area contributed by atoms with E-state index in [9.17, 15) is 22.4 Å². The van der Waals surface area contributed by atoms with Crippen molar-refractivity contribution in [3.05, 3.63) is 24.5 Å². The molecule has 1 spiro atoms. The van der Waals surface area contributed by atoms with Gasteiger partial charge in [0, 0.05) is 31.5 Å². The average Bonchev–Trinajstić information content (AvgIpc) is 2.98. The van der Waals surface area contributed by atoms with E-state index in [1.54, 1.807) is 17.3 Å². The fourth-order valence-electron chi connectivity index (χ4n) is 2.77. The lowest BCUT2D eigenvalue weighted by Crippen LogP contribution is -2.60. The van der Waals surface area contributed by atoms with Crippen LogP contribution in [0.3, 0.4) is 0 Å². The van der Waals surface area contributed by atoms with Gasteiger partial charge in [0.1, 0.15) is 11.9 Å². The van der Waals surface area contributed by atoms with Crippen LogP contribution < -0.4 is 4.74 Å². The molecule has 1 amide bonds. The lowest BCUT2D eigenvalue weighted by Gasteiger charge is -2.47. The number of hydrogen-bond donors (Lipinski definition) is 1. The molecule has 6 nitrogen and oxygen atoms in total. The van der Waals surface area contributed by atoms with Crippen molar-refractivity contribution in [3.63, 3.8) is 0 Å². The average molecular weight is 410 g/mol. The second kappa shape index (κ2) is 8.77. The minimum Gasteiger partial charge on any atom is -0.488 e. The Morgan fingerprint density at radius 3 is 2.59 bits per heavy atom. The molecule has 2 fully saturated rings. The highest BCUT2D eigenvalue weighted by molar-refractivity contribution is 8.01. The molecule has 0 bridgehead atoms. The molecule has 1 atom stereocenters. The molecule has 3 heterocycles. The second-order valence-electron chi connectivity index (χ2n) is 6.12. The third-order valence-corrected chi connectivity index (χ3v) is 5.55. The van der Waals surface area contributed by atoms with Gasteiger partial charge >= 0.3 is 12.1 Å². The molecule has 1 aromatic heterocycles. The van der Waals surface area contributed by atoms with Crippen LogP contribution in [0.5, 0.6) is 5.75 Å². The molecule has 11 heteroatoms. The van der Waals surface area contributed by atoms with Gasteiger partial charge in [-0.2, -0.15) is 13.2 Å². The van der Waals surface area contributed by atoms with E-state index < -0.39 is 18.8 Å². The second-order valence-corrected chi connectivity index (χ2v) is 7.61. The van der Waals surface area contributed by atoms with E-state index in [0.717, 1.165) is 31.0 Å². The van der Waals surface area contributed by atoms with Crippen LogP contribution in [0.1, 0.15) is 12.8 Å². The van der Waals surface area contributed by atoms with Gasteiger partial charge in [0.25, 0.3) is 0 Å². The Balaban J connectivity index is 0.000000321. The summed E-state index contributed by atoms with van der Waals surface area (Å²) in [7, 11) is 0. The fourth-order valence-corrected chi connectivity index (χ4v) is 4.30. The van der Waals surface area contributed by atoms with E-state index in [0.29, 0.717) is 0 Å². The number of carboxylic acids is 1. The van der Waals surface area contributed by atoms with Crippen molar-refractivity contribution >= 4 is 23.6 Å². The number of halogens is 4. The largest absolute Gasteiger partial charge is 0.490 e. The molecular weight excluding hydrogens is 392 g/mol. The van der Waals surface area contributed by atoms with Gasteiger partial charge in [0.2, 0.25) is 5.91 Å². The lowest BCUT2D eigenvalue weighted by atomic mass is 9.92. The number of pyridine rings is 1. The zero-order valence-electron chi connectivity index (χ0n) is 14.1. The number of carbonyl (C=O) groups excluding carboxylic acids is 1. The van der Waals surface area contributed by atoms with Gasteiger partial charge in [-0.1, -0.05) is 0 Å². The number of likely N-dealkylation sites (tertiary alicyclic amines) is 1. The van der Waals surface area contributed by atoms with Gasteiger partial charge in [-0.3, -0.25) is 14.2 Å². The number of hydrogen-bond acceptors (Lipinski definition) is 5. The van der Waals surface area contributed by atoms with Gasteiger partial charge < -0.3 is 14.7 Å². The molecular formula is C16H18F4N2O4S. The van der Waals surface area contributed by atoms with Crippen molar-refractivity contribution in [2.24, 2.45) is 0 Å². The van der Waals surface area contributed by atoms with E-state index >= 15 is 0 Å². The molecule has 27 heavy (non-hydrogen) atoms. The van der Waals surface area contributed by atoms with E-state index in [1.165, 1.54) is 0 Å². The fraction of sp³-hybridized carbons (Fsp3) is 0.562. The predicted molar refractivity (Wildman–Crippen MR) is 89.3 cm³/mol. The minimum absolute atomic E-state index is 0.0103. The Bertz CT molecular complexity index is 654. The summed E-state index contributed by atoms with van der Waals surface area (Å²) in [5.41, 5.74) is 0. The molecule has 0 saturated carbocycles. The first-order valence-electron chi connectivity index (χ1n) is 8.00. The first-order chi connectivity index (χ1) is 12.6. The van der Waals surface area contributed by atoms with Gasteiger partial charge in [0.15, 0.2) is 0 Å². The van der Waals surface area contributed by atoms with Crippen molar-refractivity contribution in [2.75, 3.05) is 25.5 Å². The van der Waals surface area contributed by atoms with Gasteiger partial charge in [-0.05, 0) is 12.1 Å². The third-order valence-electron chi connectivity index (χ3n) is 3.97. The zero-order valence-corrected chi connectivity index (χ0v) is 14.9. The van der Waals surface area contributed by atoms with Crippen molar-refractivity contribution < 1.29 is 37.0 Å². The molecule has 0 aliphatic carbocycles. The SMILES string of the molecule is O=C(CCF)N1CC2(CC(Oc3cccnc3)CS2)C1.O=C(O)C(F)(F)F. The Kier molecular flexibility index (Phi) is 6.90. The maximum Gasteiger partial charge on any atom is 0.490 e. The van der Waals surface area contributed by atoms with Crippen LogP contribution in [0.4, 0.5) is 17.6 Å². The summed E-state index contributed by atoms with van der Waals surface area (Å²) < 4.78 is 49.9. The number of carboxylic acid groups (broad SMARTS) is 1. The quantitative estimate of drug-likeness (QED) is 0.769. The topological polar surface area (TPSA) is 79.7 Å². The molecule has 150 valence electrons. The zero-order chi connectivity index (χ0) is 20.1. The molecule has 0 aromatic carbocycles. The summed E-state index contributed by atoms with van der Waals surface area (Å²) in [6, 6.07) is 3.76. The lowest BCUT2D eigenvalue weighted by molar-refractivity contribution is -0.192. The smallest absolute Gasteiger partial charge is 0.488 e. The number of aliphatic carboxylic acids is 1. The number of amides is 1. The first-order valence-corrected chi connectivity index (χ1v) is 8.98. The molecule has 3 rings (SSSR count). The minimum atomic E-state index is -5.08. The number of carbonyl (C=O) groups is 2.